The number of hydrogen-bond acceptors (Lipinski definition) is 2. The number of ketones is 1. The molecule has 0 bridgehead atoms. The Morgan fingerprint density at radius 1 is 1.17 bits per heavy atom. The summed E-state index contributed by atoms with van der Waals surface area (Å²) in [6.45, 7) is 5.80. The van der Waals surface area contributed by atoms with E-state index in [1.54, 1.807) is 6.08 Å². The number of rotatable bonds is 3. The molecule has 2 heteroatoms. The van der Waals surface area contributed by atoms with Crippen molar-refractivity contribution >= 4 is 5.78 Å². The highest BCUT2D eigenvalue weighted by Crippen LogP contribution is 2.35. The second-order valence-electron chi connectivity index (χ2n) is 5.28. The largest absolute Gasteiger partial charge is 0.317 e. The van der Waals surface area contributed by atoms with Crippen molar-refractivity contribution in [3.8, 4) is 0 Å². The Morgan fingerprint density at radius 3 is 2.33 bits per heavy atom. The van der Waals surface area contributed by atoms with Crippen LogP contribution in [0.3, 0.4) is 0 Å². The quantitative estimate of drug-likeness (QED) is 0.827. The first kappa shape index (κ1) is 13.0. The third-order valence-corrected chi connectivity index (χ3v) is 3.67. The van der Waals surface area contributed by atoms with E-state index in [1.165, 1.54) is 0 Å². The molecule has 1 fully saturated rings. The maximum absolute atomic E-state index is 12.6. The predicted molar refractivity (Wildman–Crippen MR) is 74.7 cm³/mol. The van der Waals surface area contributed by atoms with E-state index < -0.39 is 0 Å². The summed E-state index contributed by atoms with van der Waals surface area (Å²) in [5.74, 6) is 0.259. The minimum atomic E-state index is -0.316. The maximum atomic E-state index is 12.6. The van der Waals surface area contributed by atoms with Crippen LogP contribution < -0.4 is 5.32 Å². The smallest absolute Gasteiger partial charge is 0.166 e. The number of piperidine rings is 1. The molecule has 0 spiro atoms. The molecular weight excluding hydrogens is 222 g/mol. The molecule has 1 aliphatic rings. The van der Waals surface area contributed by atoms with Gasteiger partial charge in [0.1, 0.15) is 0 Å². The van der Waals surface area contributed by atoms with Gasteiger partial charge in [0.25, 0.3) is 0 Å². The second-order valence-corrected chi connectivity index (χ2v) is 5.28. The van der Waals surface area contributed by atoms with Gasteiger partial charge < -0.3 is 5.32 Å². The van der Waals surface area contributed by atoms with Crippen LogP contribution in [-0.2, 0) is 10.2 Å². The van der Waals surface area contributed by atoms with E-state index in [0.717, 1.165) is 37.1 Å². The lowest BCUT2D eigenvalue weighted by Gasteiger charge is -2.36. The van der Waals surface area contributed by atoms with E-state index in [9.17, 15) is 4.79 Å². The molecule has 1 aromatic carbocycles. The van der Waals surface area contributed by atoms with Crippen LogP contribution in [0.1, 0.15) is 32.3 Å². The average molecular weight is 243 g/mol. The normalized spacial score (nSPS) is 18.1. The molecule has 1 aliphatic heterocycles. The van der Waals surface area contributed by atoms with Crippen LogP contribution in [-0.4, -0.2) is 18.9 Å². The number of hydrogen-bond donors (Lipinski definition) is 1. The monoisotopic (exact) mass is 243 g/mol. The molecule has 0 atom stereocenters. The van der Waals surface area contributed by atoms with Crippen molar-refractivity contribution in [2.24, 2.45) is 0 Å². The van der Waals surface area contributed by atoms with Gasteiger partial charge in [0.15, 0.2) is 5.78 Å². The van der Waals surface area contributed by atoms with E-state index in [2.05, 4.69) is 17.4 Å². The van der Waals surface area contributed by atoms with Crippen LogP contribution >= 0.6 is 0 Å². The molecule has 1 aromatic rings. The Bertz CT molecular complexity index is 437. The molecule has 2 nitrogen and oxygen atoms in total. The van der Waals surface area contributed by atoms with Crippen molar-refractivity contribution in [2.45, 2.75) is 32.1 Å². The highest BCUT2D eigenvalue weighted by molar-refractivity contribution is 5.99. The van der Waals surface area contributed by atoms with Crippen molar-refractivity contribution < 1.29 is 4.79 Å². The zero-order valence-corrected chi connectivity index (χ0v) is 11.2. The molecule has 1 saturated heterocycles. The summed E-state index contributed by atoms with van der Waals surface area (Å²) in [7, 11) is 0. The first-order valence-corrected chi connectivity index (χ1v) is 6.61. The maximum Gasteiger partial charge on any atom is 0.166 e. The predicted octanol–water partition coefficient (Wildman–Crippen LogP) is 2.84. The molecule has 18 heavy (non-hydrogen) atoms. The number of allylic oxidation sites excluding steroid dienone is 2. The van der Waals surface area contributed by atoms with Gasteiger partial charge in [-0.15, -0.1) is 0 Å². The molecule has 1 N–H and O–H groups in total. The van der Waals surface area contributed by atoms with Crippen molar-refractivity contribution in [1.82, 2.24) is 5.32 Å². The van der Waals surface area contributed by atoms with Gasteiger partial charge in [-0.1, -0.05) is 35.9 Å². The van der Waals surface area contributed by atoms with Crippen LogP contribution in [0.5, 0.6) is 0 Å². The fraction of sp³-hybridized carbons (Fsp3) is 0.438. The van der Waals surface area contributed by atoms with Crippen LogP contribution in [0.15, 0.2) is 42.0 Å². The van der Waals surface area contributed by atoms with Gasteiger partial charge in [0.05, 0.1) is 5.41 Å². The molecular formula is C16H21NO. The highest BCUT2D eigenvalue weighted by Gasteiger charge is 2.39. The Balaban J connectivity index is 2.41. The molecule has 0 aromatic heterocycles. The summed E-state index contributed by atoms with van der Waals surface area (Å²) in [6, 6.07) is 10.2. The lowest BCUT2D eigenvalue weighted by molar-refractivity contribution is -0.120. The molecule has 0 amide bonds. The first-order chi connectivity index (χ1) is 8.65. The Morgan fingerprint density at radius 2 is 1.78 bits per heavy atom. The third-order valence-electron chi connectivity index (χ3n) is 3.67. The minimum absolute atomic E-state index is 0.259. The Kier molecular flexibility index (Phi) is 3.97. The highest BCUT2D eigenvalue weighted by atomic mass is 16.1. The number of carbonyl (C=O) groups excluding carboxylic acids is 1. The van der Waals surface area contributed by atoms with E-state index in [4.69, 9.17) is 0 Å². The summed E-state index contributed by atoms with van der Waals surface area (Å²) in [5, 5.41) is 3.34. The van der Waals surface area contributed by atoms with E-state index in [0.29, 0.717) is 0 Å². The standard InChI is InChI=1S/C16H21NO/c1-13(2)12-15(18)16(8-10-17-11-9-16)14-6-4-3-5-7-14/h3-7,12,17H,8-11H2,1-2H3. The average Bonchev–Trinajstić information content (AvgIpc) is 2.40. The number of nitrogens with one attached hydrogen (secondary N) is 1. The van der Waals surface area contributed by atoms with Gasteiger partial charge >= 0.3 is 0 Å². The molecule has 0 aliphatic carbocycles. The van der Waals surface area contributed by atoms with Crippen molar-refractivity contribution in [1.29, 1.82) is 0 Å². The summed E-state index contributed by atoms with van der Waals surface area (Å²) in [4.78, 5) is 12.6. The van der Waals surface area contributed by atoms with Gasteiger partial charge in [-0.2, -0.15) is 0 Å². The van der Waals surface area contributed by atoms with E-state index >= 15 is 0 Å². The number of benzene rings is 1. The van der Waals surface area contributed by atoms with Gasteiger partial charge in [-0.25, -0.2) is 0 Å². The van der Waals surface area contributed by atoms with Crippen LogP contribution in [0.25, 0.3) is 0 Å². The zero-order valence-electron chi connectivity index (χ0n) is 11.2. The lowest BCUT2D eigenvalue weighted by Crippen LogP contribution is -2.45. The van der Waals surface area contributed by atoms with Crippen LogP contribution in [0.4, 0.5) is 0 Å². The fourth-order valence-corrected chi connectivity index (χ4v) is 2.69. The van der Waals surface area contributed by atoms with Crippen molar-refractivity contribution in [3.05, 3.63) is 47.5 Å². The Labute approximate surface area is 109 Å². The second kappa shape index (κ2) is 5.49. The van der Waals surface area contributed by atoms with Gasteiger partial charge in [0.2, 0.25) is 0 Å². The molecule has 0 saturated carbocycles. The fourth-order valence-electron chi connectivity index (χ4n) is 2.69. The van der Waals surface area contributed by atoms with Crippen LogP contribution in [0, 0.1) is 0 Å². The number of carbonyl (C=O) groups is 1. The summed E-state index contributed by atoms with van der Waals surface area (Å²) < 4.78 is 0. The molecule has 0 unspecified atom stereocenters. The van der Waals surface area contributed by atoms with Gasteiger partial charge in [-0.3, -0.25) is 4.79 Å². The Hall–Kier alpha value is -1.41. The van der Waals surface area contributed by atoms with E-state index in [-0.39, 0.29) is 11.2 Å². The summed E-state index contributed by atoms with van der Waals surface area (Å²) in [6.07, 6.45) is 3.58. The molecule has 2 rings (SSSR count). The summed E-state index contributed by atoms with van der Waals surface area (Å²) in [5.41, 5.74) is 1.92. The summed E-state index contributed by atoms with van der Waals surface area (Å²) >= 11 is 0. The molecule has 96 valence electrons. The van der Waals surface area contributed by atoms with Gasteiger partial charge in [-0.05, 0) is 51.4 Å². The molecule has 0 radical (unpaired) electrons. The first-order valence-electron chi connectivity index (χ1n) is 6.61. The lowest BCUT2D eigenvalue weighted by atomic mass is 9.70. The van der Waals surface area contributed by atoms with Crippen molar-refractivity contribution in [3.63, 3.8) is 0 Å². The molecule has 1 heterocycles. The minimum Gasteiger partial charge on any atom is -0.317 e. The van der Waals surface area contributed by atoms with Crippen molar-refractivity contribution in [2.75, 3.05) is 13.1 Å². The SMILES string of the molecule is CC(C)=CC(=O)C1(c2ccccc2)CCNCC1. The van der Waals surface area contributed by atoms with E-state index in [1.807, 2.05) is 32.0 Å². The van der Waals surface area contributed by atoms with Crippen LogP contribution in [0.2, 0.25) is 0 Å². The van der Waals surface area contributed by atoms with Gasteiger partial charge in [0, 0.05) is 0 Å². The topological polar surface area (TPSA) is 29.1 Å². The zero-order chi connectivity index (χ0) is 13.0. The third kappa shape index (κ3) is 2.54.